The lowest BCUT2D eigenvalue weighted by Crippen LogP contribution is -2.23. The molecule has 0 radical (unpaired) electrons. The third-order valence-electron chi connectivity index (χ3n) is 3.07. The summed E-state index contributed by atoms with van der Waals surface area (Å²) in [6.07, 6.45) is 8.52. The standard InChI is InChI=1S/C12H24N4/c1-3-12(4-2)9-13-7-5-6-8-16-10-14-15-11-16/h10-13H,3-9H2,1-2H3. The molecule has 4 heteroatoms. The van der Waals surface area contributed by atoms with Gasteiger partial charge in [-0.05, 0) is 31.8 Å². The largest absolute Gasteiger partial charge is 0.320 e. The molecule has 4 nitrogen and oxygen atoms in total. The molecule has 1 aromatic heterocycles. The summed E-state index contributed by atoms with van der Waals surface area (Å²) in [4.78, 5) is 0. The summed E-state index contributed by atoms with van der Waals surface area (Å²) in [5.41, 5.74) is 0. The number of nitrogens with one attached hydrogen (secondary N) is 1. The molecule has 0 unspecified atom stereocenters. The summed E-state index contributed by atoms with van der Waals surface area (Å²) >= 11 is 0. The van der Waals surface area contributed by atoms with Gasteiger partial charge in [0, 0.05) is 6.54 Å². The normalized spacial score (nSPS) is 11.2. The number of rotatable bonds is 9. The number of hydrogen-bond donors (Lipinski definition) is 1. The van der Waals surface area contributed by atoms with Gasteiger partial charge >= 0.3 is 0 Å². The smallest absolute Gasteiger partial charge is 0.119 e. The minimum Gasteiger partial charge on any atom is -0.320 e. The van der Waals surface area contributed by atoms with Crippen molar-refractivity contribution in [2.75, 3.05) is 13.1 Å². The van der Waals surface area contributed by atoms with E-state index in [0.717, 1.165) is 19.0 Å². The Balaban J connectivity index is 1.92. The molecule has 1 aromatic rings. The highest BCUT2D eigenvalue weighted by molar-refractivity contribution is 4.61. The van der Waals surface area contributed by atoms with Gasteiger partial charge in [0.05, 0.1) is 0 Å². The summed E-state index contributed by atoms with van der Waals surface area (Å²) in [7, 11) is 0. The van der Waals surface area contributed by atoms with Crippen LogP contribution in [0.1, 0.15) is 39.5 Å². The maximum atomic E-state index is 3.78. The number of aromatic nitrogens is 3. The Kier molecular flexibility index (Phi) is 6.81. The van der Waals surface area contributed by atoms with E-state index in [1.54, 1.807) is 12.7 Å². The quantitative estimate of drug-likeness (QED) is 0.653. The van der Waals surface area contributed by atoms with Gasteiger partial charge in [0.1, 0.15) is 12.7 Å². The van der Waals surface area contributed by atoms with Crippen molar-refractivity contribution in [2.45, 2.75) is 46.1 Å². The molecule has 1 heterocycles. The van der Waals surface area contributed by atoms with Gasteiger partial charge in [-0.15, -0.1) is 10.2 Å². The van der Waals surface area contributed by atoms with Crippen LogP contribution in [0.25, 0.3) is 0 Å². The fourth-order valence-electron chi connectivity index (χ4n) is 1.77. The fourth-order valence-corrected chi connectivity index (χ4v) is 1.77. The molecular formula is C12H24N4. The van der Waals surface area contributed by atoms with Gasteiger partial charge in [-0.1, -0.05) is 26.7 Å². The minimum atomic E-state index is 0.845. The van der Waals surface area contributed by atoms with Gasteiger partial charge in [0.25, 0.3) is 0 Å². The summed E-state index contributed by atoms with van der Waals surface area (Å²) in [6, 6.07) is 0. The fraction of sp³-hybridized carbons (Fsp3) is 0.833. The molecule has 0 aliphatic rings. The van der Waals surface area contributed by atoms with Gasteiger partial charge in [0.15, 0.2) is 0 Å². The summed E-state index contributed by atoms with van der Waals surface area (Å²) in [6.45, 7) is 7.85. The van der Waals surface area contributed by atoms with Crippen LogP contribution < -0.4 is 5.32 Å². The van der Waals surface area contributed by atoms with Crippen LogP contribution in [0.4, 0.5) is 0 Å². The van der Waals surface area contributed by atoms with E-state index in [-0.39, 0.29) is 0 Å². The highest BCUT2D eigenvalue weighted by atomic mass is 15.2. The maximum Gasteiger partial charge on any atom is 0.119 e. The third-order valence-corrected chi connectivity index (χ3v) is 3.07. The SMILES string of the molecule is CCC(CC)CNCCCCn1cnnc1. The van der Waals surface area contributed by atoms with Crippen molar-refractivity contribution in [2.24, 2.45) is 5.92 Å². The topological polar surface area (TPSA) is 42.7 Å². The molecule has 0 aromatic carbocycles. The monoisotopic (exact) mass is 224 g/mol. The third kappa shape index (κ3) is 5.26. The van der Waals surface area contributed by atoms with Crippen molar-refractivity contribution in [3.8, 4) is 0 Å². The zero-order valence-corrected chi connectivity index (χ0v) is 10.5. The van der Waals surface area contributed by atoms with Crippen LogP contribution in [-0.4, -0.2) is 27.9 Å². The average molecular weight is 224 g/mol. The van der Waals surface area contributed by atoms with E-state index in [2.05, 4.69) is 29.4 Å². The number of nitrogens with zero attached hydrogens (tertiary/aromatic N) is 3. The van der Waals surface area contributed by atoms with Gasteiger partial charge in [-0.3, -0.25) is 0 Å². The number of aryl methyl sites for hydroxylation is 1. The van der Waals surface area contributed by atoms with Crippen LogP contribution in [0.3, 0.4) is 0 Å². The second-order valence-electron chi connectivity index (χ2n) is 4.29. The molecule has 0 bridgehead atoms. The first-order valence-electron chi connectivity index (χ1n) is 6.40. The molecule has 0 atom stereocenters. The first kappa shape index (κ1) is 13.2. The van der Waals surface area contributed by atoms with E-state index in [1.165, 1.54) is 32.2 Å². The van der Waals surface area contributed by atoms with Gasteiger partial charge in [-0.2, -0.15) is 0 Å². The van der Waals surface area contributed by atoms with Crippen LogP contribution in [0.15, 0.2) is 12.7 Å². The summed E-state index contributed by atoms with van der Waals surface area (Å²) < 4.78 is 2.03. The molecule has 0 aliphatic heterocycles. The maximum absolute atomic E-state index is 3.78. The number of hydrogen-bond acceptors (Lipinski definition) is 3. The van der Waals surface area contributed by atoms with Gasteiger partial charge in [-0.25, -0.2) is 0 Å². The average Bonchev–Trinajstić information content (AvgIpc) is 2.81. The molecule has 1 N–H and O–H groups in total. The van der Waals surface area contributed by atoms with Gasteiger partial charge in [0.2, 0.25) is 0 Å². The Bertz CT molecular complexity index is 242. The lowest BCUT2D eigenvalue weighted by molar-refractivity contribution is 0.442. The molecule has 0 saturated carbocycles. The Morgan fingerprint density at radius 2 is 1.81 bits per heavy atom. The second-order valence-corrected chi connectivity index (χ2v) is 4.29. The highest BCUT2D eigenvalue weighted by Crippen LogP contribution is 2.05. The van der Waals surface area contributed by atoms with Crippen LogP contribution in [0.5, 0.6) is 0 Å². The molecule has 0 spiro atoms. The molecule has 0 amide bonds. The number of unbranched alkanes of at least 4 members (excludes halogenated alkanes) is 1. The second kappa shape index (κ2) is 8.28. The molecule has 0 aliphatic carbocycles. The van der Waals surface area contributed by atoms with E-state index in [9.17, 15) is 0 Å². The lowest BCUT2D eigenvalue weighted by atomic mass is 10.0. The first-order valence-corrected chi connectivity index (χ1v) is 6.40. The van der Waals surface area contributed by atoms with Crippen LogP contribution in [0.2, 0.25) is 0 Å². The van der Waals surface area contributed by atoms with Gasteiger partial charge < -0.3 is 9.88 Å². The Labute approximate surface area is 98.5 Å². The van der Waals surface area contributed by atoms with Crippen LogP contribution >= 0.6 is 0 Å². The molecule has 1 rings (SSSR count). The first-order chi connectivity index (χ1) is 7.86. The Hall–Kier alpha value is -0.900. The molecule has 0 saturated heterocycles. The van der Waals surface area contributed by atoms with Crippen LogP contribution in [-0.2, 0) is 6.54 Å². The molecular weight excluding hydrogens is 200 g/mol. The summed E-state index contributed by atoms with van der Waals surface area (Å²) in [5.74, 6) is 0.845. The van der Waals surface area contributed by atoms with E-state index in [4.69, 9.17) is 0 Å². The van der Waals surface area contributed by atoms with Crippen molar-refractivity contribution < 1.29 is 0 Å². The lowest BCUT2D eigenvalue weighted by Gasteiger charge is -2.12. The van der Waals surface area contributed by atoms with E-state index in [1.807, 2.05) is 4.57 Å². The highest BCUT2D eigenvalue weighted by Gasteiger charge is 2.01. The molecule has 0 fully saturated rings. The minimum absolute atomic E-state index is 0.845. The van der Waals surface area contributed by atoms with Crippen LogP contribution in [0, 0.1) is 5.92 Å². The summed E-state index contributed by atoms with van der Waals surface area (Å²) in [5, 5.41) is 11.1. The van der Waals surface area contributed by atoms with E-state index in [0.29, 0.717) is 0 Å². The van der Waals surface area contributed by atoms with E-state index >= 15 is 0 Å². The predicted molar refractivity (Wildman–Crippen MR) is 66.2 cm³/mol. The molecule has 16 heavy (non-hydrogen) atoms. The van der Waals surface area contributed by atoms with Crippen molar-refractivity contribution in [1.29, 1.82) is 0 Å². The molecule has 92 valence electrons. The van der Waals surface area contributed by atoms with Crippen molar-refractivity contribution in [3.63, 3.8) is 0 Å². The Morgan fingerprint density at radius 1 is 1.12 bits per heavy atom. The Morgan fingerprint density at radius 3 is 2.44 bits per heavy atom. The van der Waals surface area contributed by atoms with Crippen molar-refractivity contribution in [3.05, 3.63) is 12.7 Å². The van der Waals surface area contributed by atoms with Crippen molar-refractivity contribution in [1.82, 2.24) is 20.1 Å². The zero-order valence-electron chi connectivity index (χ0n) is 10.5. The predicted octanol–water partition coefficient (Wildman–Crippen LogP) is 2.08. The van der Waals surface area contributed by atoms with Crippen molar-refractivity contribution >= 4 is 0 Å². The zero-order chi connectivity index (χ0) is 11.6. The van der Waals surface area contributed by atoms with E-state index < -0.39 is 0 Å².